The van der Waals surface area contributed by atoms with Crippen molar-refractivity contribution >= 4 is 23.3 Å². The molecule has 0 fully saturated rings. The smallest absolute Gasteiger partial charge is 0.220 e. The number of hydrogen-bond donors (Lipinski definition) is 1. The number of Topliss-reactive ketones (excluding diaryl/α,β-unsaturated/α-hetero) is 1. The van der Waals surface area contributed by atoms with Gasteiger partial charge in [-0.15, -0.1) is 0 Å². The molecule has 21 heavy (non-hydrogen) atoms. The van der Waals surface area contributed by atoms with Gasteiger partial charge < -0.3 is 5.32 Å². The highest BCUT2D eigenvalue weighted by atomic mass is 35.5. The standard InChI is InChI=1S/C17H24ClNO2/c1-17(2,3)11-6-12-19-16(21)10-9-15(20)13-7-4-5-8-14(13)18/h4-5,7-8H,6,9-12H2,1-3H3,(H,19,21). The van der Waals surface area contributed by atoms with Crippen LogP contribution in [-0.2, 0) is 4.79 Å². The highest BCUT2D eigenvalue weighted by Crippen LogP contribution is 2.20. The summed E-state index contributed by atoms with van der Waals surface area (Å²) in [6.45, 7) is 7.20. The average Bonchev–Trinajstić information content (AvgIpc) is 2.40. The van der Waals surface area contributed by atoms with Crippen LogP contribution in [0, 0.1) is 5.41 Å². The van der Waals surface area contributed by atoms with Crippen LogP contribution < -0.4 is 5.32 Å². The van der Waals surface area contributed by atoms with Gasteiger partial charge in [0.1, 0.15) is 0 Å². The van der Waals surface area contributed by atoms with Crippen molar-refractivity contribution in [3.05, 3.63) is 34.9 Å². The molecule has 0 unspecified atom stereocenters. The molecule has 0 spiro atoms. The minimum Gasteiger partial charge on any atom is -0.356 e. The Labute approximate surface area is 132 Å². The van der Waals surface area contributed by atoms with Crippen LogP contribution in [0.4, 0.5) is 0 Å². The normalized spacial score (nSPS) is 11.2. The minimum atomic E-state index is -0.0922. The summed E-state index contributed by atoms with van der Waals surface area (Å²) in [5.74, 6) is -0.172. The Hall–Kier alpha value is -1.35. The van der Waals surface area contributed by atoms with E-state index in [9.17, 15) is 9.59 Å². The second kappa shape index (κ2) is 8.18. The molecule has 4 heteroatoms. The third kappa shape index (κ3) is 7.28. The number of carbonyl (C=O) groups is 2. The zero-order valence-corrected chi connectivity index (χ0v) is 13.8. The van der Waals surface area contributed by atoms with Crippen LogP contribution in [0.5, 0.6) is 0 Å². The number of amides is 1. The second-order valence-electron chi connectivity index (χ2n) is 6.42. The number of hydrogen-bond acceptors (Lipinski definition) is 2. The third-order valence-electron chi connectivity index (χ3n) is 3.18. The van der Waals surface area contributed by atoms with Crippen molar-refractivity contribution in [2.45, 2.75) is 46.5 Å². The van der Waals surface area contributed by atoms with Gasteiger partial charge in [0.2, 0.25) is 5.91 Å². The first-order valence-electron chi connectivity index (χ1n) is 7.34. The zero-order valence-electron chi connectivity index (χ0n) is 13.0. The summed E-state index contributed by atoms with van der Waals surface area (Å²) in [7, 11) is 0. The van der Waals surface area contributed by atoms with E-state index in [1.54, 1.807) is 24.3 Å². The lowest BCUT2D eigenvalue weighted by Gasteiger charge is -2.17. The summed E-state index contributed by atoms with van der Waals surface area (Å²) < 4.78 is 0. The molecule has 1 aromatic rings. The van der Waals surface area contributed by atoms with Gasteiger partial charge in [0.25, 0.3) is 0 Å². The van der Waals surface area contributed by atoms with Crippen LogP contribution in [-0.4, -0.2) is 18.2 Å². The maximum absolute atomic E-state index is 12.0. The predicted octanol–water partition coefficient (Wildman–Crippen LogP) is 4.25. The Morgan fingerprint density at radius 2 is 1.81 bits per heavy atom. The second-order valence-corrected chi connectivity index (χ2v) is 6.82. The SMILES string of the molecule is CC(C)(C)CCCNC(=O)CCC(=O)c1ccccc1Cl. The van der Waals surface area contributed by atoms with E-state index in [0.29, 0.717) is 17.1 Å². The van der Waals surface area contributed by atoms with Gasteiger partial charge >= 0.3 is 0 Å². The first kappa shape index (κ1) is 17.7. The number of ketones is 1. The number of halogens is 1. The minimum absolute atomic E-state index is 0.0793. The number of rotatable bonds is 7. The lowest BCUT2D eigenvalue weighted by molar-refractivity contribution is -0.121. The quantitative estimate of drug-likeness (QED) is 0.604. The molecule has 0 radical (unpaired) electrons. The monoisotopic (exact) mass is 309 g/mol. The average molecular weight is 310 g/mol. The van der Waals surface area contributed by atoms with Crippen LogP contribution in [0.2, 0.25) is 5.02 Å². The van der Waals surface area contributed by atoms with E-state index in [0.717, 1.165) is 12.8 Å². The van der Waals surface area contributed by atoms with Crippen molar-refractivity contribution in [2.24, 2.45) is 5.41 Å². The zero-order chi connectivity index (χ0) is 15.9. The first-order chi connectivity index (χ1) is 9.79. The molecule has 1 rings (SSSR count). The van der Waals surface area contributed by atoms with Gasteiger partial charge in [-0.1, -0.05) is 44.5 Å². The van der Waals surface area contributed by atoms with E-state index in [2.05, 4.69) is 26.1 Å². The molecule has 3 nitrogen and oxygen atoms in total. The summed E-state index contributed by atoms with van der Waals surface area (Å²) in [4.78, 5) is 23.7. The van der Waals surface area contributed by atoms with E-state index >= 15 is 0 Å². The molecule has 0 bridgehead atoms. The van der Waals surface area contributed by atoms with Gasteiger partial charge in [-0.3, -0.25) is 9.59 Å². The largest absolute Gasteiger partial charge is 0.356 e. The van der Waals surface area contributed by atoms with E-state index in [-0.39, 0.29) is 29.9 Å². The lowest BCUT2D eigenvalue weighted by Crippen LogP contribution is -2.25. The molecule has 0 aromatic heterocycles. The van der Waals surface area contributed by atoms with Crippen LogP contribution >= 0.6 is 11.6 Å². The number of carbonyl (C=O) groups excluding carboxylic acids is 2. The van der Waals surface area contributed by atoms with Crippen LogP contribution in [0.25, 0.3) is 0 Å². The lowest BCUT2D eigenvalue weighted by atomic mass is 9.91. The topological polar surface area (TPSA) is 46.2 Å². The van der Waals surface area contributed by atoms with Crippen molar-refractivity contribution < 1.29 is 9.59 Å². The Morgan fingerprint density at radius 3 is 2.43 bits per heavy atom. The van der Waals surface area contributed by atoms with Gasteiger partial charge in [0, 0.05) is 24.9 Å². The van der Waals surface area contributed by atoms with Crippen LogP contribution in [0.1, 0.15) is 56.8 Å². The summed E-state index contributed by atoms with van der Waals surface area (Å²) in [5, 5.41) is 3.29. The highest BCUT2D eigenvalue weighted by Gasteiger charge is 2.12. The maximum Gasteiger partial charge on any atom is 0.220 e. The maximum atomic E-state index is 12.0. The Kier molecular flexibility index (Phi) is 6.90. The Morgan fingerprint density at radius 1 is 1.14 bits per heavy atom. The molecule has 1 amide bonds. The molecule has 0 saturated carbocycles. The van der Waals surface area contributed by atoms with Gasteiger partial charge in [0.05, 0.1) is 5.02 Å². The van der Waals surface area contributed by atoms with Crippen molar-refractivity contribution in [2.75, 3.05) is 6.54 Å². The Balaban J connectivity index is 2.27. The molecular weight excluding hydrogens is 286 g/mol. The Bertz CT molecular complexity index is 492. The summed E-state index contributed by atoms with van der Waals surface area (Å²) in [6, 6.07) is 6.92. The molecule has 1 N–H and O–H groups in total. The van der Waals surface area contributed by atoms with Gasteiger partial charge in [0.15, 0.2) is 5.78 Å². The van der Waals surface area contributed by atoms with E-state index < -0.39 is 0 Å². The van der Waals surface area contributed by atoms with Gasteiger partial charge in [-0.2, -0.15) is 0 Å². The summed E-state index contributed by atoms with van der Waals surface area (Å²) >= 11 is 5.96. The number of benzene rings is 1. The predicted molar refractivity (Wildman–Crippen MR) is 86.7 cm³/mol. The molecule has 0 saturated heterocycles. The van der Waals surface area contributed by atoms with E-state index in [4.69, 9.17) is 11.6 Å². The molecule has 116 valence electrons. The van der Waals surface area contributed by atoms with Crippen molar-refractivity contribution in [3.63, 3.8) is 0 Å². The highest BCUT2D eigenvalue weighted by molar-refractivity contribution is 6.34. The fourth-order valence-corrected chi connectivity index (χ4v) is 2.23. The van der Waals surface area contributed by atoms with Crippen LogP contribution in [0.15, 0.2) is 24.3 Å². The fraction of sp³-hybridized carbons (Fsp3) is 0.529. The molecule has 0 aliphatic carbocycles. The van der Waals surface area contributed by atoms with Crippen molar-refractivity contribution in [1.82, 2.24) is 5.32 Å². The summed E-state index contributed by atoms with van der Waals surface area (Å²) in [6.07, 6.45) is 2.41. The molecule has 0 heterocycles. The van der Waals surface area contributed by atoms with Gasteiger partial charge in [-0.05, 0) is 30.4 Å². The van der Waals surface area contributed by atoms with Crippen molar-refractivity contribution in [3.8, 4) is 0 Å². The van der Waals surface area contributed by atoms with Gasteiger partial charge in [-0.25, -0.2) is 0 Å². The van der Waals surface area contributed by atoms with Crippen molar-refractivity contribution in [1.29, 1.82) is 0 Å². The first-order valence-corrected chi connectivity index (χ1v) is 7.72. The molecule has 0 aliphatic heterocycles. The molecular formula is C17H24ClNO2. The van der Waals surface area contributed by atoms with Crippen LogP contribution in [0.3, 0.4) is 0 Å². The molecule has 0 aliphatic rings. The number of nitrogens with one attached hydrogen (secondary N) is 1. The molecule has 1 aromatic carbocycles. The van der Waals surface area contributed by atoms with E-state index in [1.165, 1.54) is 0 Å². The van der Waals surface area contributed by atoms with E-state index in [1.807, 2.05) is 0 Å². The molecule has 0 atom stereocenters. The fourth-order valence-electron chi connectivity index (χ4n) is 1.98. The summed E-state index contributed by atoms with van der Waals surface area (Å²) in [5.41, 5.74) is 0.768. The third-order valence-corrected chi connectivity index (χ3v) is 3.51.